The molecule has 0 atom stereocenters. The van der Waals surface area contributed by atoms with Gasteiger partial charge in [0.05, 0.1) is 6.33 Å². The number of rotatable bonds is 6. The highest BCUT2D eigenvalue weighted by molar-refractivity contribution is 5.89. The van der Waals surface area contributed by atoms with Crippen LogP contribution in [0.15, 0.2) is 73.3 Å². The molecular weight excluding hydrogens is 304 g/mol. The molecule has 1 heterocycles. The minimum Gasteiger partial charge on any atom is -0.457 e. The van der Waals surface area contributed by atoms with Gasteiger partial charge in [-0.25, -0.2) is 9.78 Å². The van der Waals surface area contributed by atoms with Gasteiger partial charge in [0.2, 0.25) is 0 Å². The van der Waals surface area contributed by atoms with Gasteiger partial charge in [0, 0.05) is 37.2 Å². The normalized spacial score (nSPS) is 10.2. The van der Waals surface area contributed by atoms with Gasteiger partial charge in [-0.2, -0.15) is 0 Å². The molecule has 0 aliphatic carbocycles. The number of benzene rings is 2. The number of carbonyl (C=O) groups is 1. The monoisotopic (exact) mass is 322 g/mol. The summed E-state index contributed by atoms with van der Waals surface area (Å²) >= 11 is 0. The number of carbonyl (C=O) groups excluding carboxylic acids is 1. The first kappa shape index (κ1) is 15.6. The van der Waals surface area contributed by atoms with Gasteiger partial charge < -0.3 is 19.9 Å². The van der Waals surface area contributed by atoms with Crippen molar-refractivity contribution >= 4 is 11.7 Å². The van der Waals surface area contributed by atoms with Gasteiger partial charge >= 0.3 is 6.03 Å². The van der Waals surface area contributed by atoms with Gasteiger partial charge in [-0.15, -0.1) is 0 Å². The Kier molecular flexibility index (Phi) is 5.09. The quantitative estimate of drug-likeness (QED) is 0.730. The number of nitrogens with one attached hydrogen (secondary N) is 2. The van der Waals surface area contributed by atoms with Gasteiger partial charge in [-0.05, 0) is 24.3 Å². The summed E-state index contributed by atoms with van der Waals surface area (Å²) in [6.07, 6.45) is 5.27. The lowest BCUT2D eigenvalue weighted by Crippen LogP contribution is -2.31. The molecule has 2 N–H and O–H groups in total. The van der Waals surface area contributed by atoms with E-state index in [4.69, 9.17) is 4.74 Å². The zero-order valence-electron chi connectivity index (χ0n) is 13.1. The molecular formula is C18H18N4O2. The van der Waals surface area contributed by atoms with Crippen LogP contribution in [-0.2, 0) is 6.54 Å². The Morgan fingerprint density at radius 3 is 2.71 bits per heavy atom. The molecule has 0 fully saturated rings. The number of ether oxygens (including phenoxy) is 1. The van der Waals surface area contributed by atoms with E-state index in [1.54, 1.807) is 18.6 Å². The molecule has 6 heteroatoms. The highest BCUT2D eigenvalue weighted by Gasteiger charge is 2.03. The lowest BCUT2D eigenvalue weighted by Gasteiger charge is -2.10. The summed E-state index contributed by atoms with van der Waals surface area (Å²) in [5, 5.41) is 5.59. The molecule has 2 aromatic carbocycles. The molecule has 0 saturated heterocycles. The summed E-state index contributed by atoms with van der Waals surface area (Å²) in [6, 6.07) is 16.5. The number of amides is 2. The van der Waals surface area contributed by atoms with Crippen molar-refractivity contribution in [1.29, 1.82) is 0 Å². The second-order valence-electron chi connectivity index (χ2n) is 5.12. The number of nitrogens with zero attached hydrogens (tertiary/aromatic N) is 2. The fraction of sp³-hybridized carbons (Fsp3) is 0.111. The van der Waals surface area contributed by atoms with Crippen LogP contribution in [0.2, 0.25) is 0 Å². The summed E-state index contributed by atoms with van der Waals surface area (Å²) in [5.41, 5.74) is 0.670. The number of urea groups is 1. The predicted molar refractivity (Wildman–Crippen MR) is 92.2 cm³/mol. The Hall–Kier alpha value is -3.28. The second-order valence-corrected chi connectivity index (χ2v) is 5.12. The standard InChI is InChI=1S/C18H18N4O2/c23-18(20-10-12-22-11-9-19-14-22)21-15-5-4-8-17(13-15)24-16-6-2-1-3-7-16/h1-9,11,13-14H,10,12H2,(H2,20,21,23). The Balaban J connectivity index is 1.51. The number of aromatic nitrogens is 2. The maximum Gasteiger partial charge on any atom is 0.319 e. The highest BCUT2D eigenvalue weighted by Crippen LogP contribution is 2.23. The molecule has 3 rings (SSSR count). The predicted octanol–water partition coefficient (Wildman–Crippen LogP) is 3.50. The van der Waals surface area contributed by atoms with Gasteiger partial charge in [0.15, 0.2) is 0 Å². The van der Waals surface area contributed by atoms with Gasteiger partial charge in [-0.1, -0.05) is 24.3 Å². The third kappa shape index (κ3) is 4.61. The molecule has 0 unspecified atom stereocenters. The zero-order valence-corrected chi connectivity index (χ0v) is 13.1. The topological polar surface area (TPSA) is 68.2 Å². The van der Waals surface area contributed by atoms with Crippen molar-refractivity contribution < 1.29 is 9.53 Å². The van der Waals surface area contributed by atoms with Crippen molar-refractivity contribution in [1.82, 2.24) is 14.9 Å². The first-order chi connectivity index (χ1) is 11.8. The summed E-state index contributed by atoms with van der Waals surface area (Å²) in [6.45, 7) is 1.19. The smallest absolute Gasteiger partial charge is 0.319 e. The fourth-order valence-corrected chi connectivity index (χ4v) is 2.15. The SMILES string of the molecule is O=C(NCCn1ccnc1)Nc1cccc(Oc2ccccc2)c1. The molecule has 6 nitrogen and oxygen atoms in total. The summed E-state index contributed by atoms with van der Waals surface area (Å²) in [4.78, 5) is 15.9. The van der Waals surface area contributed by atoms with Crippen LogP contribution >= 0.6 is 0 Å². The van der Waals surface area contributed by atoms with E-state index in [-0.39, 0.29) is 6.03 Å². The first-order valence-corrected chi connectivity index (χ1v) is 7.63. The van der Waals surface area contributed by atoms with E-state index in [0.717, 1.165) is 5.75 Å². The van der Waals surface area contributed by atoms with E-state index in [9.17, 15) is 4.79 Å². The summed E-state index contributed by atoms with van der Waals surface area (Å²) in [5.74, 6) is 1.41. The summed E-state index contributed by atoms with van der Waals surface area (Å²) in [7, 11) is 0. The Labute approximate surface area is 140 Å². The molecule has 0 aliphatic heterocycles. The van der Waals surface area contributed by atoms with Gasteiger partial charge in [-0.3, -0.25) is 0 Å². The molecule has 0 radical (unpaired) electrons. The molecule has 0 bridgehead atoms. The lowest BCUT2D eigenvalue weighted by molar-refractivity contribution is 0.251. The molecule has 0 saturated carbocycles. The molecule has 24 heavy (non-hydrogen) atoms. The van der Waals surface area contributed by atoms with Crippen LogP contribution < -0.4 is 15.4 Å². The van der Waals surface area contributed by atoms with E-state index >= 15 is 0 Å². The van der Waals surface area contributed by atoms with Crippen molar-refractivity contribution in [2.75, 3.05) is 11.9 Å². The number of anilines is 1. The second kappa shape index (κ2) is 7.82. The number of para-hydroxylation sites is 1. The van der Waals surface area contributed by atoms with Crippen molar-refractivity contribution in [3.63, 3.8) is 0 Å². The van der Waals surface area contributed by atoms with Crippen LogP contribution in [0.4, 0.5) is 10.5 Å². The van der Waals surface area contributed by atoms with Crippen LogP contribution in [0.1, 0.15) is 0 Å². The average molecular weight is 322 g/mol. The molecule has 122 valence electrons. The van der Waals surface area contributed by atoms with Crippen LogP contribution in [0.5, 0.6) is 11.5 Å². The number of hydrogen-bond donors (Lipinski definition) is 2. The average Bonchev–Trinajstić information content (AvgIpc) is 3.09. The maximum absolute atomic E-state index is 11.9. The maximum atomic E-state index is 11.9. The van der Waals surface area contributed by atoms with Crippen LogP contribution in [-0.4, -0.2) is 22.1 Å². The fourth-order valence-electron chi connectivity index (χ4n) is 2.15. The molecule has 2 amide bonds. The van der Waals surface area contributed by atoms with E-state index in [1.165, 1.54) is 0 Å². The van der Waals surface area contributed by atoms with Gasteiger partial charge in [0.25, 0.3) is 0 Å². The minimum absolute atomic E-state index is 0.257. The molecule has 0 aliphatic rings. The first-order valence-electron chi connectivity index (χ1n) is 7.63. The Bertz CT molecular complexity index is 773. The highest BCUT2D eigenvalue weighted by atomic mass is 16.5. The number of hydrogen-bond acceptors (Lipinski definition) is 3. The van der Waals surface area contributed by atoms with E-state index in [1.807, 2.05) is 59.3 Å². The van der Waals surface area contributed by atoms with Crippen molar-refractivity contribution in [3.05, 3.63) is 73.3 Å². The number of imidazole rings is 1. The van der Waals surface area contributed by atoms with E-state index in [2.05, 4.69) is 15.6 Å². The molecule has 1 aromatic heterocycles. The van der Waals surface area contributed by atoms with Crippen LogP contribution in [0.25, 0.3) is 0 Å². The largest absolute Gasteiger partial charge is 0.457 e. The third-order valence-corrected chi connectivity index (χ3v) is 3.29. The Morgan fingerprint density at radius 2 is 1.92 bits per heavy atom. The zero-order chi connectivity index (χ0) is 16.6. The van der Waals surface area contributed by atoms with Crippen molar-refractivity contribution in [3.8, 4) is 11.5 Å². The minimum atomic E-state index is -0.257. The van der Waals surface area contributed by atoms with Crippen LogP contribution in [0, 0.1) is 0 Å². The van der Waals surface area contributed by atoms with Crippen molar-refractivity contribution in [2.45, 2.75) is 6.54 Å². The lowest BCUT2D eigenvalue weighted by atomic mass is 10.3. The molecule has 3 aromatic rings. The van der Waals surface area contributed by atoms with Crippen molar-refractivity contribution in [2.24, 2.45) is 0 Å². The third-order valence-electron chi connectivity index (χ3n) is 3.29. The van der Waals surface area contributed by atoms with E-state index in [0.29, 0.717) is 24.5 Å². The summed E-state index contributed by atoms with van der Waals surface area (Å²) < 4.78 is 7.65. The van der Waals surface area contributed by atoms with E-state index < -0.39 is 0 Å². The Morgan fingerprint density at radius 1 is 1.08 bits per heavy atom. The van der Waals surface area contributed by atoms with Crippen LogP contribution in [0.3, 0.4) is 0 Å². The van der Waals surface area contributed by atoms with Gasteiger partial charge in [0.1, 0.15) is 11.5 Å². The molecule has 0 spiro atoms.